The average molecular weight is 1220 g/mol. The van der Waals surface area contributed by atoms with Gasteiger partial charge in [-0.1, -0.05) is 44.2 Å². The summed E-state index contributed by atoms with van der Waals surface area (Å²) in [6.45, 7) is 39.1. The van der Waals surface area contributed by atoms with E-state index < -0.39 is 76.9 Å². The number of anilines is 2. The summed E-state index contributed by atoms with van der Waals surface area (Å²) in [4.78, 5) is 14.9. The molecule has 0 radical (unpaired) electrons. The summed E-state index contributed by atoms with van der Waals surface area (Å²) in [6, 6.07) is 13.1. The highest BCUT2D eigenvalue weighted by Crippen LogP contribution is 2.55. The molecular weight excluding hydrogens is 1130 g/mol. The summed E-state index contributed by atoms with van der Waals surface area (Å²) < 4.78 is 148. The van der Waals surface area contributed by atoms with Gasteiger partial charge < -0.3 is 47.7 Å². The van der Waals surface area contributed by atoms with E-state index in [9.17, 15) is 61.8 Å². The fraction of sp³-hybridized carbons (Fsp3) is 0.492. The monoisotopic (exact) mass is 1220 g/mol. The highest BCUT2D eigenvalue weighted by molar-refractivity contribution is 7.86. The van der Waals surface area contributed by atoms with Gasteiger partial charge >= 0.3 is 0 Å². The van der Waals surface area contributed by atoms with E-state index in [1.165, 1.54) is 94.1 Å². The van der Waals surface area contributed by atoms with Crippen LogP contribution < -0.4 is 24.7 Å². The van der Waals surface area contributed by atoms with E-state index in [0.717, 1.165) is 36.0 Å². The fourth-order valence-corrected chi connectivity index (χ4v) is 12.5. The minimum atomic E-state index is -5.33. The predicted octanol–water partition coefficient (Wildman–Crippen LogP) is 4.06. The maximum atomic E-state index is 12.7. The van der Waals surface area contributed by atoms with E-state index in [0.29, 0.717) is 48.3 Å². The molecule has 23 heteroatoms. The van der Waals surface area contributed by atoms with Gasteiger partial charge in [-0.2, -0.15) is 4.58 Å². The number of carboxylic acids is 1. The first-order chi connectivity index (χ1) is 38.2. The van der Waals surface area contributed by atoms with Crippen LogP contribution in [0.3, 0.4) is 0 Å². The summed E-state index contributed by atoms with van der Waals surface area (Å²) in [7, 11) is -20.2. The molecule has 0 atom stereocenters. The maximum Gasteiger partial charge on any atom is 0.209 e. The van der Waals surface area contributed by atoms with Crippen LogP contribution in [0.4, 0.5) is 17.1 Å². The van der Waals surface area contributed by atoms with Crippen LogP contribution in [0.25, 0.3) is 10.8 Å². The second-order valence-corrected chi connectivity index (χ2v) is 26.5. The van der Waals surface area contributed by atoms with Crippen LogP contribution in [0.1, 0.15) is 127 Å². The average Bonchev–Trinajstić information content (AvgIpc) is 3.68. The zero-order valence-corrected chi connectivity index (χ0v) is 53.1. The predicted molar refractivity (Wildman–Crippen MR) is 314 cm³/mol. The van der Waals surface area contributed by atoms with Crippen LogP contribution >= 0.6 is 0 Å². The largest absolute Gasteiger partial charge is 0.744 e. The van der Waals surface area contributed by atoms with Gasteiger partial charge in [-0.05, 0) is 161 Å². The van der Waals surface area contributed by atoms with Crippen LogP contribution in [-0.2, 0) is 56.1 Å². The van der Waals surface area contributed by atoms with E-state index in [-0.39, 0.29) is 28.6 Å². The highest BCUT2D eigenvalue weighted by Gasteiger charge is 2.45. The van der Waals surface area contributed by atoms with Crippen molar-refractivity contribution >= 4 is 80.0 Å². The van der Waals surface area contributed by atoms with Gasteiger partial charge in [0.15, 0.2) is 5.71 Å². The highest BCUT2D eigenvalue weighted by atomic mass is 32.2. The molecule has 0 amide bonds. The first kappa shape index (κ1) is 71.1. The minimum absolute atomic E-state index is 0.0936. The number of nitrogens with one attached hydrogen (secondary N) is 3. The first-order valence-electron chi connectivity index (χ1n) is 28.1. The lowest BCUT2D eigenvalue weighted by Crippen LogP contribution is -3.11. The summed E-state index contributed by atoms with van der Waals surface area (Å²) in [5.41, 5.74) is 1.01. The number of rotatable bonds is 23. The van der Waals surface area contributed by atoms with Crippen molar-refractivity contribution in [3.63, 3.8) is 0 Å². The summed E-state index contributed by atoms with van der Waals surface area (Å²) in [5.74, 6) is -1.16. The zero-order chi connectivity index (χ0) is 62.2. The van der Waals surface area contributed by atoms with Crippen molar-refractivity contribution < 1.29 is 81.1 Å². The van der Waals surface area contributed by atoms with Crippen LogP contribution in [0.15, 0.2) is 122 Å². The third-order valence-electron chi connectivity index (χ3n) is 15.4. The molecule has 2 aliphatic heterocycles. The summed E-state index contributed by atoms with van der Waals surface area (Å²) >= 11 is 0. The Bertz CT molecular complexity index is 3390. The molecule has 0 saturated carbocycles. The Morgan fingerprint density at radius 3 is 1.50 bits per heavy atom. The molecule has 0 fully saturated rings. The van der Waals surface area contributed by atoms with Gasteiger partial charge in [-0.25, -0.2) is 33.7 Å². The number of unbranched alkanes of at least 4 members (excludes halogenated alkanes) is 2. The van der Waals surface area contributed by atoms with Crippen LogP contribution in [0, 0.1) is 0 Å². The Labute approximate surface area is 488 Å². The van der Waals surface area contributed by atoms with Crippen LogP contribution in [0.2, 0.25) is 0 Å². The van der Waals surface area contributed by atoms with E-state index in [4.69, 9.17) is 0 Å². The van der Waals surface area contributed by atoms with Gasteiger partial charge in [-0.15, -0.1) is 0 Å². The fourth-order valence-electron chi connectivity index (χ4n) is 10.3. The van der Waals surface area contributed by atoms with E-state index in [2.05, 4.69) is 62.3 Å². The molecule has 0 unspecified atom stereocenters. The molecule has 0 aromatic heterocycles. The molecule has 0 bridgehead atoms. The lowest BCUT2D eigenvalue weighted by Gasteiger charge is -2.27. The SMILES string of the molecule is CC1(C)C(/C=C/C=C/C=C2/N(c3cccc(S(=O)(=O)[O-])c3)c3cc(S(=O)(=O)[O-])c4cc(S(=O)(=O)[O-])ccc4c3C2(C)C)=[N+](CCCCCC(=O)[O-])c2ccc(S(=O)(=O)[O-])cc21.CC[NH+](CC)CC.CC[NH+](CC)CC.CC[NH+](CC)CC. The molecule has 82 heavy (non-hydrogen) atoms. The summed E-state index contributed by atoms with van der Waals surface area (Å²) in [6.07, 6.45) is 9.81. The van der Waals surface area contributed by atoms with Gasteiger partial charge in [0.2, 0.25) is 5.69 Å². The lowest BCUT2D eigenvalue weighted by atomic mass is 9.81. The molecule has 2 aliphatic rings. The Kier molecular flexibility index (Phi) is 26.5. The number of hydrogen-bond acceptors (Lipinski definition) is 15. The zero-order valence-electron chi connectivity index (χ0n) is 49.9. The molecule has 0 aliphatic carbocycles. The van der Waals surface area contributed by atoms with Gasteiger partial charge in [0, 0.05) is 52.3 Å². The number of benzene rings is 4. The van der Waals surface area contributed by atoms with Crippen molar-refractivity contribution in [2.24, 2.45) is 0 Å². The quantitative estimate of drug-likeness (QED) is 0.0409. The number of aliphatic carboxylic acids is 1. The third kappa shape index (κ3) is 18.4. The van der Waals surface area contributed by atoms with Crippen molar-refractivity contribution in [1.82, 2.24) is 0 Å². The minimum Gasteiger partial charge on any atom is -0.744 e. The van der Waals surface area contributed by atoms with Gasteiger partial charge in [0.25, 0.3) is 0 Å². The Balaban J connectivity index is 0.000000710. The van der Waals surface area contributed by atoms with Crippen molar-refractivity contribution in [2.45, 2.75) is 146 Å². The van der Waals surface area contributed by atoms with E-state index in [1.54, 1.807) is 65.0 Å². The number of carbonyl (C=O) groups excluding carboxylic acids is 1. The number of nitrogens with zero attached hydrogens (tertiary/aromatic N) is 2. The number of fused-ring (bicyclic) bond motifs is 4. The second kappa shape index (κ2) is 30.6. The molecule has 0 saturated heterocycles. The van der Waals surface area contributed by atoms with Gasteiger partial charge in [-0.3, -0.25) is 0 Å². The lowest BCUT2D eigenvalue weighted by molar-refractivity contribution is -0.894. The number of carboxylic acid groups (broad SMARTS) is 1. The molecule has 3 N–H and O–H groups in total. The third-order valence-corrected chi connectivity index (χ3v) is 18.7. The van der Waals surface area contributed by atoms with Crippen molar-refractivity contribution in [3.8, 4) is 0 Å². The molecule has 4 aromatic carbocycles. The Morgan fingerprint density at radius 2 is 1.04 bits per heavy atom. The molecular formula is C59H86N5O14S4-. The smallest absolute Gasteiger partial charge is 0.209 e. The van der Waals surface area contributed by atoms with E-state index in [1.807, 2.05) is 18.4 Å². The van der Waals surface area contributed by atoms with Gasteiger partial charge in [0.1, 0.15) is 47.0 Å². The van der Waals surface area contributed by atoms with Crippen molar-refractivity contribution in [2.75, 3.05) is 70.3 Å². The maximum absolute atomic E-state index is 12.7. The molecule has 456 valence electrons. The Hall–Kier alpha value is -5.18. The molecule has 0 spiro atoms. The topological polar surface area (TPSA) is 288 Å². The molecule has 4 aromatic rings. The van der Waals surface area contributed by atoms with E-state index >= 15 is 0 Å². The second-order valence-electron chi connectivity index (χ2n) is 21.0. The number of carbonyl (C=O) groups is 1. The molecule has 2 heterocycles. The first-order valence-corrected chi connectivity index (χ1v) is 33.7. The standard InChI is InChI=1S/C41H42N2O14S4.3C6H15N/c1-40(2)32-24-29(60(52,53)54)18-20-33(32)42(21-10-6-9-16-38(44)45)36(40)14-7-5-8-15-37-41(3,4)39-30-19-17-28(59(49,50)51)23-31(30)35(61(55,56)57)25-34(39)43(37)26-12-11-13-27(22-26)58(46,47)48;3*1-4-7(5-2)6-3/h5,7-8,11-15,17-20,22-25H,6,9-10,16,21H2,1-4H3,(H4-,44,45,46,47,48,49,50,51,52,53,54,55,56,57);3*4-6H2,1-3H3/p-1. The number of hydrogen-bond donors (Lipinski definition) is 3. The number of quaternary nitrogens is 3. The molecule has 6 rings (SSSR count). The van der Waals surface area contributed by atoms with Crippen LogP contribution in [-0.4, -0.2) is 134 Å². The van der Waals surface area contributed by atoms with Gasteiger partial charge in [0.05, 0.1) is 89.6 Å². The molecule has 19 nitrogen and oxygen atoms in total. The number of allylic oxidation sites excluding steroid dienone is 6. The Morgan fingerprint density at radius 1 is 0.549 bits per heavy atom. The van der Waals surface area contributed by atoms with Crippen molar-refractivity contribution in [3.05, 3.63) is 114 Å². The normalized spacial score (nSPS) is 15.5. The van der Waals surface area contributed by atoms with Crippen molar-refractivity contribution in [1.29, 1.82) is 0 Å². The van der Waals surface area contributed by atoms with Crippen LogP contribution in [0.5, 0.6) is 0 Å². The summed E-state index contributed by atoms with van der Waals surface area (Å²) in [5, 5.41) is 10.7.